The second kappa shape index (κ2) is 6.84. The van der Waals surface area contributed by atoms with Crippen LogP contribution in [-0.4, -0.2) is 35.6 Å². The number of hydrogen-bond donors (Lipinski definition) is 3. The number of primary amides is 1. The number of thiazole rings is 1. The molecule has 3 amide bonds. The van der Waals surface area contributed by atoms with E-state index >= 15 is 0 Å². The first-order valence-corrected chi connectivity index (χ1v) is 7.04. The standard InChI is InChI=1S/C12H15N5O3S/c1-20-7-5-8-10(15-6-7)17-12(21-8)16-9(18)3-2-4-14-11(13)19/h5-6H,2-4H2,1H3,(H3,13,14,19)(H,15,16,17,18). The molecule has 8 nitrogen and oxygen atoms in total. The van der Waals surface area contributed by atoms with Gasteiger partial charge in [0.15, 0.2) is 10.8 Å². The highest BCUT2D eigenvalue weighted by atomic mass is 32.1. The van der Waals surface area contributed by atoms with Gasteiger partial charge in [0.25, 0.3) is 0 Å². The number of nitrogens with two attached hydrogens (primary N) is 1. The van der Waals surface area contributed by atoms with Crippen LogP contribution in [0.1, 0.15) is 12.8 Å². The molecule has 0 aliphatic heterocycles. The summed E-state index contributed by atoms with van der Waals surface area (Å²) in [4.78, 5) is 30.5. The summed E-state index contributed by atoms with van der Waals surface area (Å²) >= 11 is 1.32. The van der Waals surface area contributed by atoms with Crippen LogP contribution in [0, 0.1) is 0 Å². The molecule has 4 N–H and O–H groups in total. The molecule has 0 atom stereocenters. The van der Waals surface area contributed by atoms with E-state index in [0.717, 1.165) is 4.70 Å². The number of hydrogen-bond acceptors (Lipinski definition) is 6. The van der Waals surface area contributed by atoms with Crippen LogP contribution in [0.2, 0.25) is 0 Å². The van der Waals surface area contributed by atoms with E-state index in [4.69, 9.17) is 10.5 Å². The molecule has 0 radical (unpaired) electrons. The van der Waals surface area contributed by atoms with Crippen molar-refractivity contribution in [3.8, 4) is 5.75 Å². The molecular formula is C12H15N5O3S. The number of rotatable bonds is 6. The monoisotopic (exact) mass is 309 g/mol. The fourth-order valence-corrected chi connectivity index (χ4v) is 2.48. The summed E-state index contributed by atoms with van der Waals surface area (Å²) in [5.74, 6) is 0.467. The van der Waals surface area contributed by atoms with Gasteiger partial charge in [-0.3, -0.25) is 4.79 Å². The molecule has 0 unspecified atom stereocenters. The zero-order valence-electron chi connectivity index (χ0n) is 11.4. The summed E-state index contributed by atoms with van der Waals surface area (Å²) in [6.45, 7) is 0.362. The highest BCUT2D eigenvalue weighted by Crippen LogP contribution is 2.27. The Bertz CT molecular complexity index is 657. The molecule has 0 aliphatic carbocycles. The number of carbonyl (C=O) groups excluding carboxylic acids is 2. The van der Waals surface area contributed by atoms with Gasteiger partial charge in [-0.15, -0.1) is 0 Å². The van der Waals surface area contributed by atoms with Gasteiger partial charge in [-0.05, 0) is 6.42 Å². The Balaban J connectivity index is 1.90. The maximum atomic E-state index is 11.7. The van der Waals surface area contributed by atoms with E-state index in [2.05, 4.69) is 20.6 Å². The number of methoxy groups -OCH3 is 1. The van der Waals surface area contributed by atoms with Crippen LogP contribution >= 0.6 is 11.3 Å². The van der Waals surface area contributed by atoms with E-state index in [0.29, 0.717) is 29.5 Å². The molecule has 2 rings (SSSR count). The first kappa shape index (κ1) is 15.0. The Morgan fingerprint density at radius 3 is 3.00 bits per heavy atom. The van der Waals surface area contributed by atoms with E-state index in [9.17, 15) is 9.59 Å². The molecule has 2 aromatic heterocycles. The molecule has 0 aliphatic rings. The van der Waals surface area contributed by atoms with E-state index < -0.39 is 6.03 Å². The van der Waals surface area contributed by atoms with Gasteiger partial charge in [0.2, 0.25) is 5.91 Å². The highest BCUT2D eigenvalue weighted by Gasteiger charge is 2.09. The Morgan fingerprint density at radius 1 is 1.48 bits per heavy atom. The lowest BCUT2D eigenvalue weighted by molar-refractivity contribution is -0.116. The average molecular weight is 309 g/mol. The summed E-state index contributed by atoms with van der Waals surface area (Å²) in [7, 11) is 1.56. The molecule has 0 spiro atoms. The fourth-order valence-electron chi connectivity index (χ4n) is 1.61. The predicted molar refractivity (Wildman–Crippen MR) is 79.4 cm³/mol. The Hall–Kier alpha value is -2.42. The van der Waals surface area contributed by atoms with Crippen molar-refractivity contribution in [3.63, 3.8) is 0 Å². The lowest BCUT2D eigenvalue weighted by Crippen LogP contribution is -2.30. The smallest absolute Gasteiger partial charge is 0.312 e. The van der Waals surface area contributed by atoms with Gasteiger partial charge in [-0.2, -0.15) is 4.98 Å². The van der Waals surface area contributed by atoms with E-state index in [1.54, 1.807) is 13.3 Å². The van der Waals surface area contributed by atoms with Crippen LogP contribution in [0.3, 0.4) is 0 Å². The van der Waals surface area contributed by atoms with Crippen molar-refractivity contribution >= 4 is 38.8 Å². The normalized spacial score (nSPS) is 10.3. The molecule has 2 heterocycles. The second-order valence-electron chi connectivity index (χ2n) is 4.16. The molecule has 0 aromatic carbocycles. The number of fused-ring (bicyclic) bond motifs is 1. The third-order valence-corrected chi connectivity index (χ3v) is 3.49. The number of nitrogens with one attached hydrogen (secondary N) is 2. The molecule has 21 heavy (non-hydrogen) atoms. The number of anilines is 1. The van der Waals surface area contributed by atoms with Gasteiger partial charge < -0.3 is 21.1 Å². The topological polar surface area (TPSA) is 119 Å². The Labute approximate surface area is 124 Å². The number of pyridine rings is 1. The van der Waals surface area contributed by atoms with E-state index in [1.165, 1.54) is 11.3 Å². The van der Waals surface area contributed by atoms with Crippen LogP contribution in [0.4, 0.5) is 9.93 Å². The summed E-state index contributed by atoms with van der Waals surface area (Å²) in [6, 6.07) is 1.22. The molecule has 112 valence electrons. The molecule has 0 saturated carbocycles. The SMILES string of the molecule is COc1cnc2nc(NC(=O)CCCNC(N)=O)sc2c1. The highest BCUT2D eigenvalue weighted by molar-refractivity contribution is 7.22. The van der Waals surface area contributed by atoms with Crippen LogP contribution in [0.25, 0.3) is 10.3 Å². The molecule has 2 aromatic rings. The van der Waals surface area contributed by atoms with Crippen molar-refractivity contribution in [2.75, 3.05) is 19.0 Å². The minimum atomic E-state index is -0.596. The first-order valence-electron chi connectivity index (χ1n) is 6.22. The fraction of sp³-hybridized carbons (Fsp3) is 0.333. The maximum Gasteiger partial charge on any atom is 0.312 e. The lowest BCUT2D eigenvalue weighted by Gasteiger charge is -2.02. The average Bonchev–Trinajstić information content (AvgIpc) is 2.84. The zero-order valence-corrected chi connectivity index (χ0v) is 12.2. The number of urea groups is 1. The lowest BCUT2D eigenvalue weighted by atomic mass is 10.3. The van der Waals surface area contributed by atoms with Crippen LogP contribution < -0.4 is 21.1 Å². The number of amides is 3. The van der Waals surface area contributed by atoms with Crippen LogP contribution in [0.15, 0.2) is 12.3 Å². The maximum absolute atomic E-state index is 11.7. The van der Waals surface area contributed by atoms with Gasteiger partial charge in [0, 0.05) is 19.0 Å². The van der Waals surface area contributed by atoms with Gasteiger partial charge in [-0.1, -0.05) is 11.3 Å². The quantitative estimate of drug-likeness (QED) is 0.690. The van der Waals surface area contributed by atoms with Gasteiger partial charge in [0.1, 0.15) is 5.75 Å². The Morgan fingerprint density at radius 2 is 2.29 bits per heavy atom. The van der Waals surface area contributed by atoms with Gasteiger partial charge in [-0.25, -0.2) is 9.78 Å². The Kier molecular flexibility index (Phi) is 4.88. The number of ether oxygens (including phenoxy) is 1. The third-order valence-electron chi connectivity index (χ3n) is 2.58. The summed E-state index contributed by atoms with van der Waals surface area (Å²) in [6.07, 6.45) is 2.35. The van der Waals surface area contributed by atoms with Crippen molar-refractivity contribution in [1.29, 1.82) is 0 Å². The van der Waals surface area contributed by atoms with Crippen LogP contribution in [-0.2, 0) is 4.79 Å². The van der Waals surface area contributed by atoms with Crippen molar-refractivity contribution in [1.82, 2.24) is 15.3 Å². The molecular weight excluding hydrogens is 294 g/mol. The van der Waals surface area contributed by atoms with E-state index in [-0.39, 0.29) is 12.3 Å². The van der Waals surface area contributed by atoms with E-state index in [1.807, 2.05) is 6.07 Å². The molecule has 9 heteroatoms. The third kappa shape index (κ3) is 4.28. The summed E-state index contributed by atoms with van der Waals surface area (Å²) < 4.78 is 5.92. The van der Waals surface area contributed by atoms with Gasteiger partial charge in [0.05, 0.1) is 18.0 Å². The summed E-state index contributed by atoms with van der Waals surface area (Å²) in [5.41, 5.74) is 5.49. The molecule has 0 saturated heterocycles. The zero-order chi connectivity index (χ0) is 15.2. The van der Waals surface area contributed by atoms with Crippen molar-refractivity contribution in [2.24, 2.45) is 5.73 Å². The minimum Gasteiger partial charge on any atom is -0.495 e. The van der Waals surface area contributed by atoms with Gasteiger partial charge >= 0.3 is 6.03 Å². The molecule has 0 fully saturated rings. The van der Waals surface area contributed by atoms with Crippen LogP contribution in [0.5, 0.6) is 5.75 Å². The largest absolute Gasteiger partial charge is 0.495 e. The summed E-state index contributed by atoms with van der Waals surface area (Å²) in [5, 5.41) is 5.61. The predicted octanol–water partition coefficient (Wildman–Crippen LogP) is 1.09. The van der Waals surface area contributed by atoms with Crippen molar-refractivity contribution in [2.45, 2.75) is 12.8 Å². The number of nitrogens with zero attached hydrogens (tertiary/aromatic N) is 2. The number of carbonyl (C=O) groups is 2. The second-order valence-corrected chi connectivity index (χ2v) is 5.19. The molecule has 0 bridgehead atoms. The van der Waals surface area contributed by atoms with Crippen molar-refractivity contribution in [3.05, 3.63) is 12.3 Å². The van der Waals surface area contributed by atoms with Crippen molar-refractivity contribution < 1.29 is 14.3 Å². The first-order chi connectivity index (χ1) is 10.1. The number of aromatic nitrogens is 2. The minimum absolute atomic E-state index is 0.174.